The highest BCUT2D eigenvalue weighted by Gasteiger charge is 2.41. The van der Waals surface area contributed by atoms with Crippen LogP contribution in [0.1, 0.15) is 0 Å². The van der Waals surface area contributed by atoms with Crippen LogP contribution in [0.3, 0.4) is 0 Å². The van der Waals surface area contributed by atoms with Crippen molar-refractivity contribution in [1.82, 2.24) is 9.13 Å². The highest BCUT2D eigenvalue weighted by atomic mass is 16.5. The summed E-state index contributed by atoms with van der Waals surface area (Å²) < 4.78 is 18.8. The Bertz CT molecular complexity index is 4010. The van der Waals surface area contributed by atoms with Gasteiger partial charge in [-0.15, -0.1) is 0 Å². The molecule has 73 heavy (non-hydrogen) atoms. The van der Waals surface area contributed by atoms with Crippen molar-refractivity contribution in [2.24, 2.45) is 0 Å². The summed E-state index contributed by atoms with van der Waals surface area (Å²) in [6.45, 7) is -0.134. The summed E-state index contributed by atoms with van der Waals surface area (Å²) in [4.78, 5) is 4.74. The average molecular weight is 935 g/mol. The van der Waals surface area contributed by atoms with Crippen LogP contribution in [0.2, 0.25) is 0 Å². The predicted octanol–water partition coefficient (Wildman–Crippen LogP) is 15.5. The molecule has 0 unspecified atom stereocenters. The van der Waals surface area contributed by atoms with Gasteiger partial charge < -0.3 is 28.4 Å². The van der Waals surface area contributed by atoms with Crippen LogP contribution in [-0.4, -0.2) is 15.8 Å². The number of aromatic nitrogens is 2. The number of benzene rings is 11. The fourth-order valence-electron chi connectivity index (χ4n) is 11.7. The fourth-order valence-corrected chi connectivity index (χ4v) is 11.7. The number of hydrogen-bond donors (Lipinski definition) is 0. The standard InChI is InChI=1S/C66H43BN4O2/c1-5-20-44(21-6-1)68(58-34-17-30-52-50-28-13-15-32-56(50)70(65(52)58)46-24-9-3-10-25-46)48-38-40-54-62(42-48)72-60-36-19-37-61-64(60)67(54)55-41-39-49(43-63(55)73-61)69(45-22-7-2-8-23-45)59-35-18-31-53-51-29-14-16-33-57(51)71(66(53)59)47-26-11-4-12-27-47/h1-43H. The van der Waals surface area contributed by atoms with Crippen LogP contribution < -0.4 is 35.7 Å². The minimum Gasteiger partial charge on any atom is -0.458 e. The Labute approximate surface area is 422 Å². The maximum Gasteiger partial charge on any atom is 0.260 e. The number of hydrogen-bond acceptors (Lipinski definition) is 4. The molecule has 0 N–H and O–H groups in total. The molecule has 0 atom stereocenters. The minimum atomic E-state index is -0.134. The van der Waals surface area contributed by atoms with Crippen molar-refractivity contribution < 1.29 is 9.47 Å². The second kappa shape index (κ2) is 16.4. The van der Waals surface area contributed by atoms with Gasteiger partial charge in [-0.2, -0.15) is 0 Å². The summed E-state index contributed by atoms with van der Waals surface area (Å²) in [6, 6.07) is 93.0. The van der Waals surface area contributed by atoms with Crippen LogP contribution in [-0.2, 0) is 0 Å². The molecule has 0 saturated heterocycles. The average Bonchev–Trinajstić information content (AvgIpc) is 3.98. The Kier molecular flexibility index (Phi) is 9.26. The van der Waals surface area contributed by atoms with E-state index in [2.05, 4.69) is 274 Å². The van der Waals surface area contributed by atoms with Crippen molar-refractivity contribution in [2.45, 2.75) is 0 Å². The lowest BCUT2D eigenvalue weighted by Crippen LogP contribution is -2.57. The number of rotatable bonds is 8. The quantitative estimate of drug-likeness (QED) is 0.142. The lowest BCUT2D eigenvalue weighted by atomic mass is 9.35. The first-order valence-electron chi connectivity index (χ1n) is 24.9. The number of anilines is 6. The van der Waals surface area contributed by atoms with E-state index in [9.17, 15) is 0 Å². The molecule has 15 rings (SSSR count). The zero-order valence-corrected chi connectivity index (χ0v) is 39.5. The number of ether oxygens (including phenoxy) is 2. The molecule has 6 nitrogen and oxygen atoms in total. The Balaban J connectivity index is 0.896. The third-order valence-electron chi connectivity index (χ3n) is 14.8. The highest BCUT2D eigenvalue weighted by molar-refractivity contribution is 6.98. The van der Waals surface area contributed by atoms with Gasteiger partial charge >= 0.3 is 0 Å². The van der Waals surface area contributed by atoms with Gasteiger partial charge in [-0.1, -0.05) is 152 Å². The van der Waals surface area contributed by atoms with Crippen molar-refractivity contribution in [1.29, 1.82) is 0 Å². The minimum absolute atomic E-state index is 0.134. The Morgan fingerprint density at radius 3 is 1.14 bits per heavy atom. The first-order valence-corrected chi connectivity index (χ1v) is 24.9. The molecule has 2 aliphatic rings. The molecule has 11 aromatic carbocycles. The molecule has 0 fully saturated rings. The number of para-hydroxylation sites is 8. The molecular weight excluding hydrogens is 892 g/mol. The molecule has 0 aliphatic carbocycles. The third kappa shape index (κ3) is 6.39. The lowest BCUT2D eigenvalue weighted by Gasteiger charge is -2.35. The largest absolute Gasteiger partial charge is 0.458 e. The smallest absolute Gasteiger partial charge is 0.260 e. The monoisotopic (exact) mass is 934 g/mol. The van der Waals surface area contributed by atoms with Crippen LogP contribution in [0.5, 0.6) is 23.0 Å². The van der Waals surface area contributed by atoms with Crippen molar-refractivity contribution in [3.8, 4) is 34.4 Å². The van der Waals surface area contributed by atoms with Crippen LogP contribution in [0, 0.1) is 0 Å². The number of nitrogens with zero attached hydrogens (tertiary/aromatic N) is 4. The van der Waals surface area contributed by atoms with E-state index in [1.165, 1.54) is 21.5 Å². The van der Waals surface area contributed by atoms with E-state index in [-0.39, 0.29) is 6.71 Å². The molecule has 0 spiro atoms. The van der Waals surface area contributed by atoms with E-state index in [1.807, 2.05) is 6.07 Å². The van der Waals surface area contributed by atoms with Gasteiger partial charge in [-0.3, -0.25) is 0 Å². The summed E-state index contributed by atoms with van der Waals surface area (Å²) in [5.41, 5.74) is 16.2. The van der Waals surface area contributed by atoms with Gasteiger partial charge in [-0.25, -0.2) is 0 Å². The van der Waals surface area contributed by atoms with E-state index in [1.54, 1.807) is 0 Å². The van der Waals surface area contributed by atoms with Gasteiger partial charge in [0.2, 0.25) is 0 Å². The topological polar surface area (TPSA) is 34.8 Å². The molecule has 4 heterocycles. The zero-order valence-electron chi connectivity index (χ0n) is 39.5. The van der Waals surface area contributed by atoms with E-state index >= 15 is 0 Å². The zero-order chi connectivity index (χ0) is 48.0. The summed E-state index contributed by atoms with van der Waals surface area (Å²) in [6.07, 6.45) is 0. The summed E-state index contributed by atoms with van der Waals surface area (Å²) >= 11 is 0. The molecule has 0 saturated carbocycles. The van der Waals surface area contributed by atoms with Crippen molar-refractivity contribution >= 4 is 101 Å². The van der Waals surface area contributed by atoms with Crippen molar-refractivity contribution in [3.05, 3.63) is 261 Å². The maximum atomic E-state index is 7.00. The van der Waals surface area contributed by atoms with E-state index in [0.29, 0.717) is 0 Å². The summed E-state index contributed by atoms with van der Waals surface area (Å²) in [5.74, 6) is 3.22. The van der Waals surface area contributed by atoms with Gasteiger partial charge in [0.15, 0.2) is 0 Å². The first-order chi connectivity index (χ1) is 36.2. The van der Waals surface area contributed by atoms with Crippen molar-refractivity contribution in [2.75, 3.05) is 9.80 Å². The van der Waals surface area contributed by atoms with E-state index < -0.39 is 0 Å². The van der Waals surface area contributed by atoms with Crippen LogP contribution >= 0.6 is 0 Å². The molecular formula is C66H43BN4O2. The predicted molar refractivity (Wildman–Crippen MR) is 302 cm³/mol. The van der Waals surface area contributed by atoms with Gasteiger partial charge in [0.1, 0.15) is 23.0 Å². The molecule has 0 radical (unpaired) electrons. The number of fused-ring (bicyclic) bond motifs is 10. The van der Waals surface area contributed by atoms with E-state index in [4.69, 9.17) is 9.47 Å². The highest BCUT2D eigenvalue weighted by Crippen LogP contribution is 2.47. The second-order valence-corrected chi connectivity index (χ2v) is 18.8. The summed E-state index contributed by atoms with van der Waals surface area (Å²) in [7, 11) is 0. The molecule has 0 bridgehead atoms. The van der Waals surface area contributed by atoms with Crippen LogP contribution in [0.4, 0.5) is 34.1 Å². The maximum absolute atomic E-state index is 7.00. The first kappa shape index (κ1) is 41.1. The molecule has 2 aromatic heterocycles. The van der Waals surface area contributed by atoms with Crippen LogP contribution in [0.15, 0.2) is 261 Å². The summed E-state index contributed by atoms with van der Waals surface area (Å²) in [5, 5.41) is 4.79. The Morgan fingerprint density at radius 2 is 0.685 bits per heavy atom. The fraction of sp³-hybridized carbons (Fsp3) is 0. The van der Waals surface area contributed by atoms with Gasteiger partial charge in [-0.05, 0) is 108 Å². The van der Waals surface area contributed by atoms with Crippen LogP contribution in [0.25, 0.3) is 55.0 Å². The third-order valence-corrected chi connectivity index (χ3v) is 14.8. The molecule has 0 amide bonds. The Hall–Kier alpha value is -9.72. The van der Waals surface area contributed by atoms with Gasteiger partial charge in [0.05, 0.1) is 33.4 Å². The molecule has 342 valence electrons. The lowest BCUT2D eigenvalue weighted by molar-refractivity contribution is 0.464. The SMILES string of the molecule is c1ccc(N(c2ccc3c(c2)Oc2cccc4c2B3c2ccc(N(c3ccccc3)c3cccc5c6ccccc6n(-c6ccccc6)c35)cc2O4)c2cccc3c4ccccc4n(-c4ccccc4)c23)cc1. The second-order valence-electron chi connectivity index (χ2n) is 18.8. The normalized spacial score (nSPS) is 12.3. The van der Waals surface area contributed by atoms with Gasteiger partial charge in [0.25, 0.3) is 6.71 Å². The van der Waals surface area contributed by atoms with Crippen molar-refractivity contribution in [3.63, 3.8) is 0 Å². The van der Waals surface area contributed by atoms with Gasteiger partial charge in [0, 0.05) is 73.3 Å². The molecule has 13 aromatic rings. The van der Waals surface area contributed by atoms with E-state index in [0.717, 1.165) is 107 Å². The molecule has 7 heteroatoms. The Morgan fingerprint density at radius 1 is 0.301 bits per heavy atom. The molecule has 2 aliphatic heterocycles.